The highest BCUT2D eigenvalue weighted by Gasteiger charge is 2.38. The third kappa shape index (κ3) is 3.61. The van der Waals surface area contributed by atoms with Crippen LogP contribution in [-0.4, -0.2) is 15.0 Å². The smallest absolute Gasteiger partial charge is 0.164 e. The molecule has 0 N–H and O–H groups in total. The van der Waals surface area contributed by atoms with Crippen LogP contribution in [0.5, 0.6) is 11.5 Å². The fourth-order valence-electron chi connectivity index (χ4n) is 7.08. The molecule has 1 aliphatic carbocycles. The molecule has 44 heavy (non-hydrogen) atoms. The lowest BCUT2D eigenvalue weighted by Crippen LogP contribution is -2.17. The van der Waals surface area contributed by atoms with Crippen LogP contribution in [0.25, 0.3) is 67.2 Å². The SMILES string of the molecule is CC1(C)c2ccccc2-c2cccc(-c3nc(-c4ccccc4)nc(-c4ccc5c(c4)Oc4cccc6cccc-5c46)n3)c21. The summed E-state index contributed by atoms with van der Waals surface area (Å²) < 4.78 is 6.49. The van der Waals surface area contributed by atoms with Gasteiger partial charge < -0.3 is 4.74 Å². The average Bonchev–Trinajstić information content (AvgIpc) is 3.31. The van der Waals surface area contributed by atoms with Gasteiger partial charge in [0.25, 0.3) is 0 Å². The number of fused-ring (bicyclic) bond motifs is 5. The highest BCUT2D eigenvalue weighted by molar-refractivity contribution is 6.04. The quantitative estimate of drug-likeness (QED) is 0.214. The Morgan fingerprint density at radius 1 is 0.477 bits per heavy atom. The second kappa shape index (κ2) is 9.19. The van der Waals surface area contributed by atoms with Gasteiger partial charge in [-0.25, -0.2) is 15.0 Å². The summed E-state index contributed by atoms with van der Waals surface area (Å²) >= 11 is 0. The van der Waals surface area contributed by atoms with Crippen LogP contribution >= 0.6 is 0 Å². The lowest BCUT2D eigenvalue weighted by atomic mass is 9.80. The summed E-state index contributed by atoms with van der Waals surface area (Å²) in [5, 5.41) is 2.32. The van der Waals surface area contributed by atoms with Crippen LogP contribution in [0.4, 0.5) is 0 Å². The topological polar surface area (TPSA) is 47.9 Å². The minimum atomic E-state index is -0.198. The first kappa shape index (κ1) is 24.9. The molecule has 2 heterocycles. The highest BCUT2D eigenvalue weighted by Crippen LogP contribution is 2.52. The zero-order chi connectivity index (χ0) is 29.4. The minimum Gasteiger partial charge on any atom is -0.456 e. The van der Waals surface area contributed by atoms with Crippen LogP contribution in [0.2, 0.25) is 0 Å². The van der Waals surface area contributed by atoms with E-state index in [0.717, 1.165) is 39.1 Å². The van der Waals surface area contributed by atoms with Gasteiger partial charge in [-0.3, -0.25) is 0 Å². The molecule has 0 atom stereocenters. The van der Waals surface area contributed by atoms with Crippen molar-refractivity contribution in [2.75, 3.05) is 0 Å². The Balaban J connectivity index is 1.24. The number of hydrogen-bond acceptors (Lipinski definition) is 4. The van der Waals surface area contributed by atoms with Crippen LogP contribution < -0.4 is 4.74 Å². The molecule has 1 aliphatic heterocycles. The summed E-state index contributed by atoms with van der Waals surface area (Å²) in [5.41, 5.74) is 9.97. The third-order valence-electron chi connectivity index (χ3n) is 9.10. The molecule has 6 aromatic carbocycles. The van der Waals surface area contributed by atoms with E-state index in [1.165, 1.54) is 33.2 Å². The normalized spacial score (nSPS) is 13.6. The predicted octanol–water partition coefficient (Wildman–Crippen LogP) is 10.1. The molecule has 4 nitrogen and oxygen atoms in total. The molecule has 0 fully saturated rings. The van der Waals surface area contributed by atoms with Gasteiger partial charge in [0.05, 0.1) is 0 Å². The van der Waals surface area contributed by atoms with Crippen molar-refractivity contribution in [1.82, 2.24) is 15.0 Å². The second-order valence-electron chi connectivity index (χ2n) is 12.0. The Kier molecular flexibility index (Phi) is 5.21. The van der Waals surface area contributed by atoms with Gasteiger partial charge in [-0.2, -0.15) is 0 Å². The number of hydrogen-bond donors (Lipinski definition) is 0. The monoisotopic (exact) mass is 565 g/mol. The average molecular weight is 566 g/mol. The van der Waals surface area contributed by atoms with Crippen LogP contribution in [0, 0.1) is 0 Å². The van der Waals surface area contributed by atoms with Gasteiger partial charge in [0.15, 0.2) is 17.5 Å². The van der Waals surface area contributed by atoms with Gasteiger partial charge in [-0.1, -0.05) is 123 Å². The van der Waals surface area contributed by atoms with Crippen LogP contribution in [0.1, 0.15) is 25.0 Å². The Labute approximate surface area is 255 Å². The first-order chi connectivity index (χ1) is 21.6. The third-order valence-corrected chi connectivity index (χ3v) is 9.10. The van der Waals surface area contributed by atoms with Crippen molar-refractivity contribution >= 4 is 10.8 Å². The maximum Gasteiger partial charge on any atom is 0.164 e. The lowest BCUT2D eigenvalue weighted by Gasteiger charge is -2.24. The molecule has 0 unspecified atom stereocenters. The molecule has 0 radical (unpaired) electrons. The van der Waals surface area contributed by atoms with E-state index in [2.05, 4.69) is 98.8 Å². The van der Waals surface area contributed by atoms with Crippen molar-refractivity contribution in [3.63, 3.8) is 0 Å². The molecule has 0 amide bonds. The molecule has 0 spiro atoms. The van der Waals surface area contributed by atoms with Crippen molar-refractivity contribution in [1.29, 1.82) is 0 Å². The fraction of sp³-hybridized carbons (Fsp3) is 0.0750. The van der Waals surface area contributed by atoms with Gasteiger partial charge in [0.2, 0.25) is 0 Å². The summed E-state index contributed by atoms with van der Waals surface area (Å²) in [7, 11) is 0. The van der Waals surface area contributed by atoms with E-state index in [0.29, 0.717) is 17.5 Å². The zero-order valence-electron chi connectivity index (χ0n) is 24.4. The maximum atomic E-state index is 6.49. The van der Waals surface area contributed by atoms with Crippen LogP contribution in [0.15, 0.2) is 127 Å². The van der Waals surface area contributed by atoms with E-state index in [-0.39, 0.29) is 5.41 Å². The molecule has 2 aliphatic rings. The van der Waals surface area contributed by atoms with E-state index in [9.17, 15) is 0 Å². The zero-order valence-corrected chi connectivity index (χ0v) is 24.4. The van der Waals surface area contributed by atoms with E-state index < -0.39 is 0 Å². The van der Waals surface area contributed by atoms with Crippen LogP contribution in [-0.2, 0) is 5.41 Å². The second-order valence-corrected chi connectivity index (χ2v) is 12.0. The summed E-state index contributed by atoms with van der Waals surface area (Å²) in [6, 6.07) is 44.2. The molecular formula is C40H27N3O. The molecular weight excluding hydrogens is 538 g/mol. The van der Waals surface area contributed by atoms with E-state index in [4.69, 9.17) is 19.7 Å². The summed E-state index contributed by atoms with van der Waals surface area (Å²) in [6.45, 7) is 4.58. The standard InChI is InChI=1S/C40H27N3O/c1-40(2)32-19-7-6-15-27(32)30-17-10-18-31(36(30)40)39-42-37(25-11-4-3-5-12-25)41-38(43-39)26-21-22-28-29-16-8-13-24-14-9-20-33(35(24)29)44-34(28)23-26/h3-23H,1-2H3. The maximum absolute atomic E-state index is 6.49. The molecule has 0 saturated carbocycles. The lowest BCUT2D eigenvalue weighted by molar-refractivity contribution is 0.487. The largest absolute Gasteiger partial charge is 0.456 e. The van der Waals surface area contributed by atoms with E-state index >= 15 is 0 Å². The predicted molar refractivity (Wildman–Crippen MR) is 177 cm³/mol. The number of benzene rings is 6. The first-order valence-electron chi connectivity index (χ1n) is 15.0. The van der Waals surface area contributed by atoms with E-state index in [1.807, 2.05) is 42.5 Å². The Hall–Kier alpha value is -5.61. The minimum absolute atomic E-state index is 0.198. The molecule has 4 heteroatoms. The Morgan fingerprint density at radius 2 is 1.14 bits per heavy atom. The van der Waals surface area contributed by atoms with Crippen molar-refractivity contribution in [2.24, 2.45) is 0 Å². The van der Waals surface area contributed by atoms with Crippen molar-refractivity contribution in [3.8, 4) is 67.9 Å². The van der Waals surface area contributed by atoms with Gasteiger partial charge >= 0.3 is 0 Å². The number of nitrogens with zero attached hydrogens (tertiary/aromatic N) is 3. The molecule has 7 aromatic rings. The van der Waals surface area contributed by atoms with Crippen molar-refractivity contribution in [2.45, 2.75) is 19.3 Å². The number of ether oxygens (including phenoxy) is 1. The molecule has 1 aromatic heterocycles. The molecule has 0 bridgehead atoms. The van der Waals surface area contributed by atoms with Crippen molar-refractivity contribution < 1.29 is 4.74 Å². The van der Waals surface area contributed by atoms with Gasteiger partial charge in [0, 0.05) is 33.1 Å². The first-order valence-corrected chi connectivity index (χ1v) is 15.0. The summed E-state index contributed by atoms with van der Waals surface area (Å²) in [6.07, 6.45) is 0. The van der Waals surface area contributed by atoms with Gasteiger partial charge in [-0.15, -0.1) is 0 Å². The summed E-state index contributed by atoms with van der Waals surface area (Å²) in [5.74, 6) is 3.59. The summed E-state index contributed by atoms with van der Waals surface area (Å²) in [4.78, 5) is 15.3. The number of aromatic nitrogens is 3. The van der Waals surface area contributed by atoms with Gasteiger partial charge in [-0.05, 0) is 51.4 Å². The molecule has 208 valence electrons. The van der Waals surface area contributed by atoms with Crippen molar-refractivity contribution in [3.05, 3.63) is 139 Å². The molecule has 0 saturated heterocycles. The highest BCUT2D eigenvalue weighted by atomic mass is 16.5. The van der Waals surface area contributed by atoms with E-state index in [1.54, 1.807) is 0 Å². The fourth-order valence-corrected chi connectivity index (χ4v) is 7.08. The number of rotatable bonds is 3. The van der Waals surface area contributed by atoms with Crippen LogP contribution in [0.3, 0.4) is 0 Å². The molecule has 9 rings (SSSR count). The van der Waals surface area contributed by atoms with Gasteiger partial charge in [0.1, 0.15) is 11.5 Å². The Bertz CT molecular complexity index is 2280. The Morgan fingerprint density at radius 3 is 2.00 bits per heavy atom.